The number of oxazole rings is 1. The molecule has 1 aliphatic rings. The Morgan fingerprint density at radius 2 is 2.08 bits per heavy atom. The lowest BCUT2D eigenvalue weighted by Gasteiger charge is -2.10. The molecule has 0 radical (unpaired) electrons. The summed E-state index contributed by atoms with van der Waals surface area (Å²) >= 11 is 0. The molecule has 1 aliphatic carbocycles. The van der Waals surface area contributed by atoms with Gasteiger partial charge in [0.2, 0.25) is 0 Å². The molecule has 0 spiro atoms. The first-order valence-corrected chi connectivity index (χ1v) is 8.49. The largest absolute Gasteiger partial charge is 0.483 e. The Kier molecular flexibility index (Phi) is 3.92. The van der Waals surface area contributed by atoms with Crippen molar-refractivity contribution in [3.63, 3.8) is 0 Å². The third-order valence-electron chi connectivity index (χ3n) is 4.32. The number of carbonyl (C=O) groups excluding carboxylic acids is 1. The third kappa shape index (κ3) is 3.50. The summed E-state index contributed by atoms with van der Waals surface area (Å²) in [6.45, 7) is 3.92. The molecule has 3 aromatic rings. The first-order chi connectivity index (χ1) is 12.1. The summed E-state index contributed by atoms with van der Waals surface area (Å²) in [4.78, 5) is 16.7. The van der Waals surface area contributed by atoms with Gasteiger partial charge in [-0.05, 0) is 62.1 Å². The van der Waals surface area contributed by atoms with E-state index in [4.69, 9.17) is 9.15 Å². The Labute approximate surface area is 146 Å². The van der Waals surface area contributed by atoms with E-state index in [9.17, 15) is 4.79 Å². The first kappa shape index (κ1) is 15.7. The van der Waals surface area contributed by atoms with Crippen LogP contribution in [0.4, 0.5) is 5.69 Å². The molecule has 0 saturated heterocycles. The van der Waals surface area contributed by atoms with Gasteiger partial charge in [-0.2, -0.15) is 0 Å². The smallest absolute Gasteiger partial charge is 0.262 e. The Bertz CT molecular complexity index is 941. The lowest BCUT2D eigenvalue weighted by atomic mass is 10.1. The summed E-state index contributed by atoms with van der Waals surface area (Å²) in [6.07, 6.45) is 2.29. The summed E-state index contributed by atoms with van der Waals surface area (Å²) in [7, 11) is 0. The molecule has 1 heterocycles. The number of aromatic nitrogens is 1. The highest BCUT2D eigenvalue weighted by Crippen LogP contribution is 2.40. The van der Waals surface area contributed by atoms with Crippen molar-refractivity contribution < 1.29 is 13.9 Å². The van der Waals surface area contributed by atoms with Crippen molar-refractivity contribution in [2.24, 2.45) is 0 Å². The summed E-state index contributed by atoms with van der Waals surface area (Å²) in [6, 6.07) is 11.4. The van der Waals surface area contributed by atoms with Crippen LogP contribution in [0.1, 0.15) is 35.8 Å². The second-order valence-corrected chi connectivity index (χ2v) is 6.61. The van der Waals surface area contributed by atoms with Crippen molar-refractivity contribution in [2.45, 2.75) is 32.6 Å². The SMILES string of the molecule is Cc1ccc(C)c(OCC(=O)Nc2ccc3oc(C4CC4)nc3c2)c1. The number of rotatable bonds is 5. The molecular formula is C20H20N2O3. The van der Waals surface area contributed by atoms with Crippen LogP contribution in [0, 0.1) is 13.8 Å². The van der Waals surface area contributed by atoms with E-state index in [1.165, 1.54) is 0 Å². The maximum atomic E-state index is 12.2. The fourth-order valence-corrected chi connectivity index (χ4v) is 2.73. The van der Waals surface area contributed by atoms with E-state index >= 15 is 0 Å². The number of hydrogen-bond acceptors (Lipinski definition) is 4. The summed E-state index contributed by atoms with van der Waals surface area (Å²) < 4.78 is 11.4. The second kappa shape index (κ2) is 6.24. The predicted molar refractivity (Wildman–Crippen MR) is 96.0 cm³/mol. The van der Waals surface area contributed by atoms with Gasteiger partial charge in [0.25, 0.3) is 5.91 Å². The molecule has 2 aromatic carbocycles. The average molecular weight is 336 g/mol. The maximum absolute atomic E-state index is 12.2. The normalized spacial score (nSPS) is 13.8. The number of ether oxygens (including phenoxy) is 1. The van der Waals surface area contributed by atoms with Gasteiger partial charge in [0, 0.05) is 11.6 Å². The minimum atomic E-state index is -0.203. The Morgan fingerprint density at radius 1 is 1.24 bits per heavy atom. The molecule has 5 heteroatoms. The highest BCUT2D eigenvalue weighted by molar-refractivity contribution is 5.93. The van der Waals surface area contributed by atoms with Crippen molar-refractivity contribution in [3.05, 3.63) is 53.4 Å². The van der Waals surface area contributed by atoms with E-state index in [-0.39, 0.29) is 12.5 Å². The van der Waals surface area contributed by atoms with E-state index in [0.29, 0.717) is 11.6 Å². The van der Waals surface area contributed by atoms with Crippen LogP contribution in [0.3, 0.4) is 0 Å². The molecule has 4 rings (SSSR count). The van der Waals surface area contributed by atoms with Crippen LogP contribution in [-0.4, -0.2) is 17.5 Å². The van der Waals surface area contributed by atoms with Crippen molar-refractivity contribution in [1.29, 1.82) is 0 Å². The van der Waals surface area contributed by atoms with Gasteiger partial charge in [0.05, 0.1) is 0 Å². The monoisotopic (exact) mass is 336 g/mol. The summed E-state index contributed by atoms with van der Waals surface area (Å²) in [5, 5.41) is 2.85. The molecule has 0 unspecified atom stereocenters. The van der Waals surface area contributed by atoms with Crippen LogP contribution in [0.2, 0.25) is 0 Å². The highest BCUT2D eigenvalue weighted by Gasteiger charge is 2.28. The molecule has 5 nitrogen and oxygen atoms in total. The lowest BCUT2D eigenvalue weighted by molar-refractivity contribution is -0.118. The van der Waals surface area contributed by atoms with Gasteiger partial charge in [-0.3, -0.25) is 4.79 Å². The summed E-state index contributed by atoms with van der Waals surface area (Å²) in [5.74, 6) is 1.80. The van der Waals surface area contributed by atoms with Crippen molar-refractivity contribution in [2.75, 3.05) is 11.9 Å². The third-order valence-corrected chi connectivity index (χ3v) is 4.32. The molecule has 0 aliphatic heterocycles. The second-order valence-electron chi connectivity index (χ2n) is 6.61. The Morgan fingerprint density at radius 3 is 2.88 bits per heavy atom. The minimum Gasteiger partial charge on any atom is -0.483 e. The van der Waals surface area contributed by atoms with Crippen molar-refractivity contribution in [3.8, 4) is 5.75 Å². The van der Waals surface area contributed by atoms with Gasteiger partial charge in [0.15, 0.2) is 18.1 Å². The molecule has 1 aromatic heterocycles. The molecule has 25 heavy (non-hydrogen) atoms. The van der Waals surface area contributed by atoms with Crippen LogP contribution in [0.5, 0.6) is 5.75 Å². The van der Waals surface area contributed by atoms with Crippen LogP contribution in [-0.2, 0) is 4.79 Å². The van der Waals surface area contributed by atoms with Gasteiger partial charge in [-0.1, -0.05) is 12.1 Å². The average Bonchev–Trinajstić information content (AvgIpc) is 3.35. The predicted octanol–water partition coefficient (Wildman–Crippen LogP) is 4.34. The zero-order valence-electron chi connectivity index (χ0n) is 14.3. The van der Waals surface area contributed by atoms with Gasteiger partial charge in [-0.25, -0.2) is 4.98 Å². The molecule has 0 bridgehead atoms. The number of amides is 1. The molecule has 128 valence electrons. The summed E-state index contributed by atoms with van der Waals surface area (Å²) in [5.41, 5.74) is 4.33. The van der Waals surface area contributed by atoms with Crippen molar-refractivity contribution in [1.82, 2.24) is 4.98 Å². The quantitative estimate of drug-likeness (QED) is 0.753. The Hall–Kier alpha value is -2.82. The Balaban J connectivity index is 1.41. The van der Waals surface area contributed by atoms with Crippen molar-refractivity contribution >= 4 is 22.7 Å². The molecule has 1 saturated carbocycles. The molecule has 1 fully saturated rings. The van der Waals surface area contributed by atoms with Crippen LogP contribution in [0.25, 0.3) is 11.1 Å². The molecule has 0 atom stereocenters. The molecular weight excluding hydrogens is 316 g/mol. The van der Waals surface area contributed by atoms with E-state index in [0.717, 1.165) is 46.7 Å². The number of aryl methyl sites for hydroxylation is 2. The molecule has 1 N–H and O–H groups in total. The lowest BCUT2D eigenvalue weighted by Crippen LogP contribution is -2.20. The van der Waals surface area contributed by atoms with E-state index < -0.39 is 0 Å². The van der Waals surface area contributed by atoms with E-state index in [1.54, 1.807) is 0 Å². The zero-order chi connectivity index (χ0) is 17.4. The number of hydrogen-bond donors (Lipinski definition) is 1. The van der Waals surface area contributed by atoms with E-state index in [1.807, 2.05) is 50.2 Å². The van der Waals surface area contributed by atoms with Gasteiger partial charge >= 0.3 is 0 Å². The van der Waals surface area contributed by atoms with Gasteiger partial charge in [0.1, 0.15) is 11.3 Å². The van der Waals surface area contributed by atoms with Crippen LogP contribution in [0.15, 0.2) is 40.8 Å². The van der Waals surface area contributed by atoms with Gasteiger partial charge in [-0.15, -0.1) is 0 Å². The maximum Gasteiger partial charge on any atom is 0.262 e. The number of anilines is 1. The highest BCUT2D eigenvalue weighted by atomic mass is 16.5. The standard InChI is InChI=1S/C20H20N2O3/c1-12-3-4-13(2)18(9-12)24-11-19(23)21-15-7-8-17-16(10-15)22-20(25-17)14-5-6-14/h3-4,7-10,14H,5-6,11H2,1-2H3,(H,21,23). The number of fused-ring (bicyclic) bond motifs is 1. The first-order valence-electron chi connectivity index (χ1n) is 8.49. The topological polar surface area (TPSA) is 64.4 Å². The van der Waals surface area contributed by atoms with E-state index in [2.05, 4.69) is 10.3 Å². The molecule has 1 amide bonds. The number of nitrogens with one attached hydrogen (secondary N) is 1. The number of carbonyl (C=O) groups is 1. The van der Waals surface area contributed by atoms with Crippen LogP contribution < -0.4 is 10.1 Å². The zero-order valence-corrected chi connectivity index (χ0v) is 14.3. The fourth-order valence-electron chi connectivity index (χ4n) is 2.73. The number of nitrogens with zero attached hydrogens (tertiary/aromatic N) is 1. The minimum absolute atomic E-state index is 0.0333. The van der Waals surface area contributed by atoms with Gasteiger partial charge < -0.3 is 14.5 Å². The number of benzene rings is 2. The van der Waals surface area contributed by atoms with Crippen LogP contribution >= 0.6 is 0 Å². The fraction of sp³-hybridized carbons (Fsp3) is 0.300.